The van der Waals surface area contributed by atoms with Crippen molar-refractivity contribution in [3.63, 3.8) is 0 Å². The number of aromatic nitrogens is 2. The van der Waals surface area contributed by atoms with Crippen molar-refractivity contribution in [2.45, 2.75) is 6.54 Å². The van der Waals surface area contributed by atoms with Gasteiger partial charge in [-0.15, -0.1) is 16.4 Å². The molecule has 0 amide bonds. The highest BCUT2D eigenvalue weighted by Gasteiger charge is 2.17. The van der Waals surface area contributed by atoms with Gasteiger partial charge in [0.05, 0.1) is 5.02 Å². The van der Waals surface area contributed by atoms with Gasteiger partial charge in [0.25, 0.3) is 5.89 Å². The van der Waals surface area contributed by atoms with Crippen LogP contribution in [0.3, 0.4) is 0 Å². The summed E-state index contributed by atoms with van der Waals surface area (Å²) in [5.74, 6) is 0.437. The van der Waals surface area contributed by atoms with Gasteiger partial charge in [-0.3, -0.25) is 0 Å². The van der Waals surface area contributed by atoms with Gasteiger partial charge >= 0.3 is 6.01 Å². The molecule has 0 spiro atoms. The molecule has 0 aliphatic rings. The van der Waals surface area contributed by atoms with Crippen LogP contribution in [0.25, 0.3) is 20.9 Å². The first-order chi connectivity index (χ1) is 11.3. The number of thiophene rings is 1. The second-order valence-corrected chi connectivity index (χ2v) is 6.42. The minimum atomic E-state index is 0.386. The number of rotatable bonds is 4. The molecule has 0 aliphatic carbocycles. The number of hydrogen-bond donors (Lipinski definition) is 1. The maximum Gasteiger partial charge on any atom is 0.316 e. The molecule has 114 valence electrons. The molecule has 6 heteroatoms. The highest BCUT2D eigenvalue weighted by atomic mass is 35.5. The van der Waals surface area contributed by atoms with E-state index in [0.717, 1.165) is 20.5 Å². The van der Waals surface area contributed by atoms with Crippen molar-refractivity contribution in [1.29, 1.82) is 0 Å². The smallest absolute Gasteiger partial charge is 0.316 e. The van der Waals surface area contributed by atoms with Gasteiger partial charge in [-0.2, -0.15) is 0 Å². The van der Waals surface area contributed by atoms with Crippen LogP contribution < -0.4 is 5.32 Å². The molecule has 0 fully saturated rings. The fraction of sp³-hybridized carbons (Fsp3) is 0.0588. The Morgan fingerprint density at radius 3 is 2.61 bits per heavy atom. The van der Waals surface area contributed by atoms with Crippen LogP contribution in [0.15, 0.2) is 59.0 Å². The van der Waals surface area contributed by atoms with Crippen molar-refractivity contribution in [3.8, 4) is 10.8 Å². The van der Waals surface area contributed by atoms with E-state index < -0.39 is 0 Å². The van der Waals surface area contributed by atoms with Gasteiger partial charge < -0.3 is 9.73 Å². The highest BCUT2D eigenvalue weighted by molar-refractivity contribution is 7.23. The first-order valence-corrected chi connectivity index (χ1v) is 8.29. The fourth-order valence-electron chi connectivity index (χ4n) is 2.31. The van der Waals surface area contributed by atoms with Gasteiger partial charge in [-0.05, 0) is 11.6 Å². The number of nitrogens with zero attached hydrogens (tertiary/aromatic N) is 2. The molecule has 0 bridgehead atoms. The third-order valence-electron chi connectivity index (χ3n) is 3.44. The van der Waals surface area contributed by atoms with Crippen molar-refractivity contribution in [2.24, 2.45) is 0 Å². The van der Waals surface area contributed by atoms with Gasteiger partial charge in [-0.1, -0.05) is 65.2 Å². The molecule has 4 nitrogen and oxygen atoms in total. The van der Waals surface area contributed by atoms with E-state index in [1.54, 1.807) is 11.3 Å². The van der Waals surface area contributed by atoms with E-state index in [9.17, 15) is 0 Å². The third kappa shape index (κ3) is 2.81. The topological polar surface area (TPSA) is 51.0 Å². The zero-order valence-electron chi connectivity index (χ0n) is 12.0. The van der Waals surface area contributed by atoms with Crippen LogP contribution in [0, 0.1) is 0 Å². The minimum Gasteiger partial charge on any atom is -0.402 e. The summed E-state index contributed by atoms with van der Waals surface area (Å²) < 4.78 is 6.80. The lowest BCUT2D eigenvalue weighted by Crippen LogP contribution is -1.98. The van der Waals surface area contributed by atoms with Crippen molar-refractivity contribution in [2.75, 3.05) is 5.32 Å². The van der Waals surface area contributed by atoms with Crippen LogP contribution in [0.4, 0.5) is 6.01 Å². The van der Waals surface area contributed by atoms with Gasteiger partial charge in [0, 0.05) is 16.6 Å². The molecule has 1 N–H and O–H groups in total. The molecule has 0 saturated carbocycles. The molecule has 0 unspecified atom stereocenters. The zero-order chi connectivity index (χ0) is 15.6. The predicted octanol–water partition coefficient (Wildman–Crippen LogP) is 5.22. The highest BCUT2D eigenvalue weighted by Crippen LogP contribution is 2.41. The molecule has 2 aromatic heterocycles. The van der Waals surface area contributed by atoms with E-state index in [0.29, 0.717) is 23.5 Å². The summed E-state index contributed by atoms with van der Waals surface area (Å²) in [6.45, 7) is 0.628. The van der Waals surface area contributed by atoms with Gasteiger partial charge in [0.2, 0.25) is 0 Å². The molecule has 4 aromatic rings. The summed E-state index contributed by atoms with van der Waals surface area (Å²) in [6.07, 6.45) is 0. The number of nitrogens with one attached hydrogen (secondary N) is 1. The lowest BCUT2D eigenvalue weighted by molar-refractivity contribution is 0.582. The molecule has 2 heterocycles. The quantitative estimate of drug-likeness (QED) is 0.553. The number of benzene rings is 2. The van der Waals surface area contributed by atoms with Crippen LogP contribution >= 0.6 is 22.9 Å². The van der Waals surface area contributed by atoms with Gasteiger partial charge in [0.1, 0.15) is 4.88 Å². The van der Waals surface area contributed by atoms with Gasteiger partial charge in [-0.25, -0.2) is 0 Å². The Kier molecular flexibility index (Phi) is 3.73. The second-order valence-electron chi connectivity index (χ2n) is 4.99. The molecule has 0 aliphatic heterocycles. The largest absolute Gasteiger partial charge is 0.402 e. The number of anilines is 1. The Balaban J connectivity index is 1.58. The van der Waals surface area contributed by atoms with Crippen LogP contribution in [0.5, 0.6) is 0 Å². The predicted molar refractivity (Wildman–Crippen MR) is 93.9 cm³/mol. The Labute approximate surface area is 141 Å². The van der Waals surface area contributed by atoms with E-state index in [-0.39, 0.29) is 0 Å². The second kappa shape index (κ2) is 6.02. The van der Waals surface area contributed by atoms with E-state index in [4.69, 9.17) is 16.0 Å². The molecule has 2 aromatic carbocycles. The molecule has 4 rings (SSSR count). The van der Waals surface area contributed by atoms with Crippen LogP contribution in [0.1, 0.15) is 5.56 Å². The SMILES string of the molecule is Clc1c(-c2nnc(NCc3ccccc3)o2)sc2ccccc12. The standard InChI is InChI=1S/C17H12ClN3OS/c18-14-12-8-4-5-9-13(12)23-15(14)16-20-21-17(22-16)19-10-11-6-2-1-3-7-11/h1-9H,10H2,(H,19,21). The fourth-order valence-corrected chi connectivity index (χ4v) is 3.74. The van der Waals surface area contributed by atoms with Crippen molar-refractivity contribution < 1.29 is 4.42 Å². The number of halogens is 1. The van der Waals surface area contributed by atoms with Crippen molar-refractivity contribution in [3.05, 3.63) is 65.2 Å². The zero-order valence-corrected chi connectivity index (χ0v) is 13.6. The average Bonchev–Trinajstić information content (AvgIpc) is 3.19. The van der Waals surface area contributed by atoms with Crippen LogP contribution in [-0.2, 0) is 6.54 Å². The average molecular weight is 342 g/mol. The van der Waals surface area contributed by atoms with Gasteiger partial charge in [0.15, 0.2) is 0 Å². The molecule has 0 radical (unpaired) electrons. The Morgan fingerprint density at radius 1 is 1.00 bits per heavy atom. The Hall–Kier alpha value is -2.37. The first kappa shape index (κ1) is 14.2. The summed E-state index contributed by atoms with van der Waals surface area (Å²) >= 11 is 7.98. The summed E-state index contributed by atoms with van der Waals surface area (Å²) in [5, 5.41) is 12.9. The number of hydrogen-bond acceptors (Lipinski definition) is 5. The number of fused-ring (bicyclic) bond motifs is 1. The van der Waals surface area contributed by atoms with Crippen LogP contribution in [0.2, 0.25) is 5.02 Å². The molecule has 0 saturated heterocycles. The lowest BCUT2D eigenvalue weighted by Gasteiger charge is -2.00. The first-order valence-electron chi connectivity index (χ1n) is 7.10. The van der Waals surface area contributed by atoms with E-state index in [1.165, 1.54) is 0 Å². The molecule has 0 atom stereocenters. The van der Waals surface area contributed by atoms with Crippen molar-refractivity contribution >= 4 is 39.0 Å². The Bertz CT molecular complexity index is 949. The molecular formula is C17H12ClN3OS. The summed E-state index contributed by atoms with van der Waals surface area (Å²) in [7, 11) is 0. The van der Waals surface area contributed by atoms with E-state index in [2.05, 4.69) is 15.5 Å². The van der Waals surface area contributed by atoms with Crippen molar-refractivity contribution in [1.82, 2.24) is 10.2 Å². The maximum absolute atomic E-state index is 6.44. The lowest BCUT2D eigenvalue weighted by atomic mass is 10.2. The summed E-state index contributed by atoms with van der Waals surface area (Å²) in [4.78, 5) is 0.799. The Morgan fingerprint density at radius 2 is 1.78 bits per heavy atom. The van der Waals surface area contributed by atoms with E-state index >= 15 is 0 Å². The summed E-state index contributed by atoms with van der Waals surface area (Å²) in [6, 6.07) is 18.4. The minimum absolute atomic E-state index is 0.386. The third-order valence-corrected chi connectivity index (χ3v) is 5.10. The van der Waals surface area contributed by atoms with E-state index in [1.807, 2.05) is 54.6 Å². The monoisotopic (exact) mass is 341 g/mol. The van der Waals surface area contributed by atoms with Crippen LogP contribution in [-0.4, -0.2) is 10.2 Å². The summed E-state index contributed by atoms with van der Waals surface area (Å²) in [5.41, 5.74) is 1.15. The maximum atomic E-state index is 6.44. The normalized spacial score (nSPS) is 11.0. The molecule has 23 heavy (non-hydrogen) atoms. The molecular weight excluding hydrogens is 330 g/mol.